The van der Waals surface area contributed by atoms with Crippen molar-refractivity contribution in [1.82, 2.24) is 4.98 Å². The second-order valence-electron chi connectivity index (χ2n) is 4.11. The second-order valence-corrected chi connectivity index (χ2v) is 4.11. The Morgan fingerprint density at radius 3 is 2.78 bits per heavy atom. The van der Waals surface area contributed by atoms with E-state index in [2.05, 4.69) is 10.3 Å². The molecule has 1 unspecified atom stereocenters. The SMILES string of the molecule is CNc1ccc([N+](=O)[O-])c(N(C)CCC(C)O)n1. The lowest BCUT2D eigenvalue weighted by molar-refractivity contribution is -0.384. The van der Waals surface area contributed by atoms with E-state index >= 15 is 0 Å². The normalized spacial score (nSPS) is 12.0. The van der Waals surface area contributed by atoms with Gasteiger partial charge in [-0.05, 0) is 19.4 Å². The van der Waals surface area contributed by atoms with Crippen LogP contribution in [-0.4, -0.2) is 41.8 Å². The Kier molecular flexibility index (Phi) is 4.85. The number of hydrogen-bond acceptors (Lipinski definition) is 6. The van der Waals surface area contributed by atoms with Crippen LogP contribution in [0.4, 0.5) is 17.3 Å². The third-order valence-electron chi connectivity index (χ3n) is 2.55. The van der Waals surface area contributed by atoms with E-state index in [4.69, 9.17) is 0 Å². The number of aromatic nitrogens is 1. The predicted molar refractivity (Wildman–Crippen MR) is 70.0 cm³/mol. The summed E-state index contributed by atoms with van der Waals surface area (Å²) in [5, 5.41) is 23.0. The monoisotopic (exact) mass is 254 g/mol. The van der Waals surface area contributed by atoms with Gasteiger partial charge >= 0.3 is 5.69 Å². The van der Waals surface area contributed by atoms with Crippen LogP contribution in [0.2, 0.25) is 0 Å². The summed E-state index contributed by atoms with van der Waals surface area (Å²) in [6.45, 7) is 2.18. The molecule has 0 aliphatic carbocycles. The highest BCUT2D eigenvalue weighted by Gasteiger charge is 2.19. The highest BCUT2D eigenvalue weighted by atomic mass is 16.6. The van der Waals surface area contributed by atoms with E-state index in [1.54, 1.807) is 32.0 Å². The average Bonchev–Trinajstić information content (AvgIpc) is 2.34. The summed E-state index contributed by atoms with van der Waals surface area (Å²) in [5.41, 5.74) is -0.0397. The van der Waals surface area contributed by atoms with Gasteiger partial charge in [-0.1, -0.05) is 0 Å². The molecule has 1 aromatic heterocycles. The summed E-state index contributed by atoms with van der Waals surface area (Å²) in [6, 6.07) is 2.98. The van der Waals surface area contributed by atoms with Gasteiger partial charge in [-0.3, -0.25) is 10.1 Å². The van der Waals surface area contributed by atoms with Gasteiger partial charge in [0.1, 0.15) is 5.82 Å². The third-order valence-corrected chi connectivity index (χ3v) is 2.55. The van der Waals surface area contributed by atoms with Crippen molar-refractivity contribution in [3.05, 3.63) is 22.2 Å². The number of nitro groups is 1. The molecule has 0 saturated carbocycles. The van der Waals surface area contributed by atoms with Crippen LogP contribution < -0.4 is 10.2 Å². The van der Waals surface area contributed by atoms with E-state index in [0.29, 0.717) is 24.6 Å². The van der Waals surface area contributed by atoms with Crippen molar-refractivity contribution in [1.29, 1.82) is 0 Å². The first-order valence-electron chi connectivity index (χ1n) is 5.68. The Balaban J connectivity index is 2.99. The number of nitrogens with one attached hydrogen (secondary N) is 1. The van der Waals surface area contributed by atoms with Crippen LogP contribution in [0.5, 0.6) is 0 Å². The molecule has 0 aliphatic heterocycles. The van der Waals surface area contributed by atoms with Crippen molar-refractivity contribution >= 4 is 17.3 Å². The zero-order valence-corrected chi connectivity index (χ0v) is 10.8. The van der Waals surface area contributed by atoms with Gasteiger partial charge in [0.2, 0.25) is 5.82 Å². The number of anilines is 2. The van der Waals surface area contributed by atoms with Crippen LogP contribution in [0, 0.1) is 10.1 Å². The molecule has 2 N–H and O–H groups in total. The maximum atomic E-state index is 10.9. The van der Waals surface area contributed by atoms with Gasteiger partial charge in [-0.25, -0.2) is 4.98 Å². The molecule has 0 saturated heterocycles. The Hall–Kier alpha value is -1.89. The first kappa shape index (κ1) is 14.2. The first-order valence-corrected chi connectivity index (χ1v) is 5.68. The van der Waals surface area contributed by atoms with Gasteiger partial charge in [-0.2, -0.15) is 0 Å². The highest BCUT2D eigenvalue weighted by Crippen LogP contribution is 2.26. The molecule has 7 nitrogen and oxygen atoms in total. The molecule has 7 heteroatoms. The fraction of sp³-hybridized carbons (Fsp3) is 0.545. The van der Waals surface area contributed by atoms with Crippen LogP contribution in [0.15, 0.2) is 12.1 Å². The van der Waals surface area contributed by atoms with Gasteiger partial charge in [-0.15, -0.1) is 0 Å². The smallest absolute Gasteiger partial charge is 0.311 e. The standard InChI is InChI=1S/C11H18N4O3/c1-8(16)6-7-14(3)11-9(15(17)18)4-5-10(12-2)13-11/h4-5,8,16H,6-7H2,1-3H3,(H,12,13). The minimum atomic E-state index is -0.458. The van der Waals surface area contributed by atoms with Gasteiger partial charge < -0.3 is 15.3 Å². The number of rotatable bonds is 6. The zero-order chi connectivity index (χ0) is 13.7. The molecule has 0 spiro atoms. The Bertz CT molecular complexity index is 423. The minimum Gasteiger partial charge on any atom is -0.393 e. The summed E-state index contributed by atoms with van der Waals surface area (Å²) in [6.07, 6.45) is 0.0815. The molecule has 0 amide bonds. The Labute approximate surface area is 106 Å². The molecule has 0 radical (unpaired) electrons. The number of hydrogen-bond donors (Lipinski definition) is 2. The minimum absolute atomic E-state index is 0.0397. The molecule has 18 heavy (non-hydrogen) atoms. The molecular formula is C11H18N4O3. The lowest BCUT2D eigenvalue weighted by Gasteiger charge is -2.19. The highest BCUT2D eigenvalue weighted by molar-refractivity contribution is 5.61. The summed E-state index contributed by atoms with van der Waals surface area (Å²) in [7, 11) is 3.42. The van der Waals surface area contributed by atoms with Crippen molar-refractivity contribution in [3.8, 4) is 0 Å². The molecule has 1 heterocycles. The fourth-order valence-electron chi connectivity index (χ4n) is 1.49. The molecule has 1 atom stereocenters. The van der Waals surface area contributed by atoms with E-state index in [9.17, 15) is 15.2 Å². The van der Waals surface area contributed by atoms with Crippen molar-refractivity contribution in [2.24, 2.45) is 0 Å². The molecule has 1 aromatic rings. The predicted octanol–water partition coefficient (Wildman–Crippen LogP) is 1.24. The number of aliphatic hydroxyl groups excluding tert-OH is 1. The van der Waals surface area contributed by atoms with E-state index in [1.165, 1.54) is 6.07 Å². The van der Waals surface area contributed by atoms with Gasteiger partial charge in [0, 0.05) is 26.7 Å². The van der Waals surface area contributed by atoms with Gasteiger partial charge in [0.15, 0.2) is 0 Å². The average molecular weight is 254 g/mol. The van der Waals surface area contributed by atoms with Crippen LogP contribution >= 0.6 is 0 Å². The van der Waals surface area contributed by atoms with E-state index in [1.807, 2.05) is 0 Å². The maximum Gasteiger partial charge on any atom is 0.311 e. The quantitative estimate of drug-likeness (QED) is 0.586. The maximum absolute atomic E-state index is 10.9. The van der Waals surface area contributed by atoms with Gasteiger partial charge in [0.25, 0.3) is 0 Å². The van der Waals surface area contributed by atoms with Crippen LogP contribution in [0.3, 0.4) is 0 Å². The molecule has 100 valence electrons. The zero-order valence-electron chi connectivity index (χ0n) is 10.8. The number of pyridine rings is 1. The molecule has 0 bridgehead atoms. The largest absolute Gasteiger partial charge is 0.393 e. The summed E-state index contributed by atoms with van der Waals surface area (Å²) >= 11 is 0. The molecule has 0 aliphatic rings. The van der Waals surface area contributed by atoms with E-state index in [0.717, 1.165) is 0 Å². The third kappa shape index (κ3) is 3.56. The molecule has 1 rings (SSSR count). The summed E-state index contributed by atoms with van der Waals surface area (Å²) in [5.74, 6) is 0.868. The van der Waals surface area contributed by atoms with Gasteiger partial charge in [0.05, 0.1) is 11.0 Å². The lowest BCUT2D eigenvalue weighted by atomic mass is 10.2. The van der Waals surface area contributed by atoms with Crippen LogP contribution in [0.25, 0.3) is 0 Å². The molecular weight excluding hydrogens is 236 g/mol. The first-order chi connectivity index (χ1) is 8.45. The Morgan fingerprint density at radius 1 is 1.61 bits per heavy atom. The van der Waals surface area contributed by atoms with Crippen LogP contribution in [-0.2, 0) is 0 Å². The second kappa shape index (κ2) is 6.15. The van der Waals surface area contributed by atoms with Crippen molar-refractivity contribution in [2.75, 3.05) is 30.9 Å². The molecule has 0 fully saturated rings. The van der Waals surface area contributed by atoms with E-state index in [-0.39, 0.29) is 5.69 Å². The van der Waals surface area contributed by atoms with E-state index < -0.39 is 11.0 Å². The lowest BCUT2D eigenvalue weighted by Crippen LogP contribution is -2.23. The fourth-order valence-corrected chi connectivity index (χ4v) is 1.49. The van der Waals surface area contributed by atoms with Crippen LogP contribution in [0.1, 0.15) is 13.3 Å². The number of nitrogens with zero attached hydrogens (tertiary/aromatic N) is 3. The molecule has 0 aromatic carbocycles. The number of aliphatic hydroxyl groups is 1. The topological polar surface area (TPSA) is 91.5 Å². The summed E-state index contributed by atoms with van der Waals surface area (Å²) in [4.78, 5) is 16.3. The summed E-state index contributed by atoms with van der Waals surface area (Å²) < 4.78 is 0. The van der Waals surface area contributed by atoms with Crippen molar-refractivity contribution < 1.29 is 10.0 Å². The van der Waals surface area contributed by atoms with Crippen molar-refractivity contribution in [3.63, 3.8) is 0 Å². The Morgan fingerprint density at radius 2 is 2.28 bits per heavy atom. The van der Waals surface area contributed by atoms with Crippen molar-refractivity contribution in [2.45, 2.75) is 19.4 Å².